The fourth-order valence-electron chi connectivity index (χ4n) is 7.06. The fourth-order valence-corrected chi connectivity index (χ4v) is 7.06. The summed E-state index contributed by atoms with van der Waals surface area (Å²) >= 11 is 0. The van der Waals surface area contributed by atoms with E-state index in [0.29, 0.717) is 35.8 Å². The largest absolute Gasteiger partial charge is 0.481 e. The number of carbonyl (C=O) groups is 3. The Hall–Kier alpha value is -3.61. The molecule has 1 amide bonds. The first-order valence-corrected chi connectivity index (χ1v) is 16.2. The molecule has 0 heterocycles. The quantitative estimate of drug-likeness (QED) is 0.244. The lowest BCUT2D eigenvalue weighted by Crippen LogP contribution is -2.36. The maximum atomic E-state index is 13.2. The van der Waals surface area contributed by atoms with Gasteiger partial charge < -0.3 is 20.5 Å². The Balaban J connectivity index is 1.22. The van der Waals surface area contributed by atoms with Crippen molar-refractivity contribution in [1.29, 1.82) is 0 Å². The highest BCUT2D eigenvalue weighted by molar-refractivity contribution is 5.95. The van der Waals surface area contributed by atoms with Gasteiger partial charge >= 0.3 is 5.97 Å². The third-order valence-electron chi connectivity index (χ3n) is 9.80. The lowest BCUT2D eigenvalue weighted by atomic mass is 9.68. The van der Waals surface area contributed by atoms with Gasteiger partial charge in [0, 0.05) is 34.8 Å². The molecule has 0 saturated heterocycles. The molecule has 3 aliphatic rings. The summed E-state index contributed by atoms with van der Waals surface area (Å²) in [6, 6.07) is 13.2. The van der Waals surface area contributed by atoms with Crippen LogP contribution in [-0.2, 0) is 14.4 Å². The summed E-state index contributed by atoms with van der Waals surface area (Å²) < 4.78 is 6.18. The minimum atomic E-state index is -0.896. The monoisotopic (exact) mass is 586 g/mol. The summed E-state index contributed by atoms with van der Waals surface area (Å²) in [4.78, 5) is 37.6. The zero-order valence-electron chi connectivity index (χ0n) is 25.6. The van der Waals surface area contributed by atoms with E-state index >= 15 is 0 Å². The lowest BCUT2D eigenvalue weighted by molar-refractivity contribution is -0.147. The lowest BCUT2D eigenvalue weighted by Gasteiger charge is -2.37. The molecule has 2 aromatic carbocycles. The van der Waals surface area contributed by atoms with Crippen molar-refractivity contribution in [3.8, 4) is 11.5 Å². The fraction of sp³-hybridized carbons (Fsp3) is 0.528. The average molecular weight is 587 g/mol. The second-order valence-electron chi connectivity index (χ2n) is 13.0. The minimum absolute atomic E-state index is 0.0816. The van der Waals surface area contributed by atoms with Crippen LogP contribution in [-0.4, -0.2) is 22.8 Å². The number of nitrogens with one attached hydrogen (secondary N) is 2. The van der Waals surface area contributed by atoms with E-state index in [-0.39, 0.29) is 29.6 Å². The number of hydrogen-bond acceptors (Lipinski definition) is 5. The molecule has 4 atom stereocenters. The van der Waals surface area contributed by atoms with Crippen molar-refractivity contribution in [3.05, 3.63) is 60.3 Å². The minimum Gasteiger partial charge on any atom is -0.481 e. The number of ether oxygens (including phenoxy) is 1. The van der Waals surface area contributed by atoms with Gasteiger partial charge in [-0.2, -0.15) is 0 Å². The van der Waals surface area contributed by atoms with Gasteiger partial charge in [0.15, 0.2) is 0 Å². The molecule has 5 rings (SSSR count). The number of anilines is 2. The summed E-state index contributed by atoms with van der Waals surface area (Å²) in [6.45, 7) is 8.71. The molecule has 7 heteroatoms. The Kier molecular flexibility index (Phi) is 9.89. The standard InChI is InChI=1S/C36H46N2O5/c1-22(2)32-21-27(19-20-33(32)37-23(3)28-11-4-5-12-29(28)34(39)24-9-8-10-24)43-26-17-15-25(16-18-26)38-35(40)30-13-6-7-14-31(30)36(41)42/h15-22,24,28-31,37H,3-14H2,1-2H3,(H,38,40)(H,41,42). The summed E-state index contributed by atoms with van der Waals surface area (Å²) in [5.74, 6) is 0.284. The van der Waals surface area contributed by atoms with Crippen LogP contribution in [0.3, 0.4) is 0 Å². The predicted molar refractivity (Wildman–Crippen MR) is 169 cm³/mol. The molecule has 4 unspecified atom stereocenters. The summed E-state index contributed by atoms with van der Waals surface area (Å²) in [6.07, 6.45) is 10.4. The number of ketones is 1. The maximum absolute atomic E-state index is 13.2. The van der Waals surface area contributed by atoms with Crippen LogP contribution in [0.4, 0.5) is 11.4 Å². The number of Topliss-reactive ketones (excluding diaryl/α,β-unsaturated/α-hetero) is 1. The van der Waals surface area contributed by atoms with E-state index in [1.165, 1.54) is 6.42 Å². The number of benzene rings is 2. The highest BCUT2D eigenvalue weighted by Gasteiger charge is 2.38. The number of rotatable bonds is 11. The molecular weight excluding hydrogens is 540 g/mol. The number of carboxylic acids is 1. The Bertz CT molecular complexity index is 1330. The van der Waals surface area contributed by atoms with Crippen LogP contribution in [0.1, 0.15) is 96.0 Å². The molecule has 7 nitrogen and oxygen atoms in total. The van der Waals surface area contributed by atoms with E-state index in [1.807, 2.05) is 18.2 Å². The van der Waals surface area contributed by atoms with Gasteiger partial charge in [-0.05, 0) is 92.5 Å². The van der Waals surface area contributed by atoms with Crippen LogP contribution in [0.25, 0.3) is 0 Å². The number of hydrogen-bond donors (Lipinski definition) is 3. The van der Waals surface area contributed by atoms with Gasteiger partial charge in [0.05, 0.1) is 11.8 Å². The highest BCUT2D eigenvalue weighted by Crippen LogP contribution is 2.41. The van der Waals surface area contributed by atoms with Crippen molar-refractivity contribution in [3.63, 3.8) is 0 Å². The van der Waals surface area contributed by atoms with Gasteiger partial charge in [-0.15, -0.1) is 0 Å². The van der Waals surface area contributed by atoms with E-state index in [2.05, 4.69) is 31.1 Å². The van der Waals surface area contributed by atoms with Crippen molar-refractivity contribution in [2.45, 2.75) is 90.4 Å². The molecule has 0 aliphatic heterocycles. The van der Waals surface area contributed by atoms with Crippen LogP contribution in [0.5, 0.6) is 11.5 Å². The Morgan fingerprint density at radius 2 is 1.37 bits per heavy atom. The zero-order valence-corrected chi connectivity index (χ0v) is 25.6. The molecule has 0 spiro atoms. The van der Waals surface area contributed by atoms with Crippen molar-refractivity contribution in [2.24, 2.45) is 29.6 Å². The third-order valence-corrected chi connectivity index (χ3v) is 9.80. The number of allylic oxidation sites excluding steroid dienone is 1. The molecule has 0 aromatic heterocycles. The molecule has 230 valence electrons. The summed E-state index contributed by atoms with van der Waals surface area (Å²) in [7, 11) is 0. The number of aliphatic carboxylic acids is 1. The predicted octanol–water partition coefficient (Wildman–Crippen LogP) is 8.53. The van der Waals surface area contributed by atoms with Gasteiger partial charge in [-0.3, -0.25) is 14.4 Å². The number of carbonyl (C=O) groups excluding carboxylic acids is 2. The summed E-state index contributed by atoms with van der Waals surface area (Å²) in [5.41, 5.74) is 3.66. The number of carboxylic acid groups (broad SMARTS) is 1. The van der Waals surface area contributed by atoms with Crippen molar-refractivity contribution < 1.29 is 24.2 Å². The van der Waals surface area contributed by atoms with Gasteiger partial charge in [0.2, 0.25) is 5.91 Å². The Labute approximate surface area is 255 Å². The molecular formula is C36H46N2O5. The molecule has 0 radical (unpaired) electrons. The molecule has 3 N–H and O–H groups in total. The molecule has 3 fully saturated rings. The van der Waals surface area contributed by atoms with Gasteiger partial charge in [0.1, 0.15) is 17.3 Å². The zero-order chi connectivity index (χ0) is 30.5. The van der Waals surface area contributed by atoms with Crippen LogP contribution in [0.15, 0.2) is 54.7 Å². The second-order valence-corrected chi connectivity index (χ2v) is 13.0. The molecule has 3 aliphatic carbocycles. The summed E-state index contributed by atoms with van der Waals surface area (Å²) in [5, 5.41) is 16.0. The second kappa shape index (κ2) is 13.8. The topological polar surface area (TPSA) is 105 Å². The van der Waals surface area contributed by atoms with Crippen molar-refractivity contribution in [1.82, 2.24) is 0 Å². The first-order chi connectivity index (χ1) is 20.7. The van der Waals surface area contributed by atoms with E-state index in [9.17, 15) is 19.5 Å². The van der Waals surface area contributed by atoms with Gasteiger partial charge in [0.25, 0.3) is 0 Å². The van der Waals surface area contributed by atoms with Crippen molar-refractivity contribution in [2.75, 3.05) is 10.6 Å². The Morgan fingerprint density at radius 3 is 1.98 bits per heavy atom. The third kappa shape index (κ3) is 7.31. The van der Waals surface area contributed by atoms with Crippen LogP contribution in [0.2, 0.25) is 0 Å². The normalized spacial score (nSPS) is 24.1. The maximum Gasteiger partial charge on any atom is 0.307 e. The molecule has 0 bridgehead atoms. The highest BCUT2D eigenvalue weighted by atomic mass is 16.5. The van der Waals surface area contributed by atoms with E-state index in [0.717, 1.165) is 68.3 Å². The van der Waals surface area contributed by atoms with Gasteiger partial charge in [-0.1, -0.05) is 52.5 Å². The van der Waals surface area contributed by atoms with Crippen LogP contribution < -0.4 is 15.4 Å². The van der Waals surface area contributed by atoms with Gasteiger partial charge in [-0.25, -0.2) is 0 Å². The van der Waals surface area contributed by atoms with E-state index in [4.69, 9.17) is 4.74 Å². The molecule has 3 saturated carbocycles. The first-order valence-electron chi connectivity index (χ1n) is 16.2. The molecule has 43 heavy (non-hydrogen) atoms. The van der Waals surface area contributed by atoms with Crippen LogP contribution >= 0.6 is 0 Å². The smallest absolute Gasteiger partial charge is 0.307 e. The number of amides is 1. The molecule has 2 aromatic rings. The van der Waals surface area contributed by atoms with Crippen molar-refractivity contribution >= 4 is 29.0 Å². The van der Waals surface area contributed by atoms with E-state index < -0.39 is 17.8 Å². The van der Waals surface area contributed by atoms with Crippen LogP contribution in [0, 0.1) is 29.6 Å². The average Bonchev–Trinajstić information content (AvgIpc) is 2.97. The van der Waals surface area contributed by atoms with E-state index in [1.54, 1.807) is 24.3 Å². The SMILES string of the molecule is C=C(Nc1ccc(Oc2ccc(NC(=O)C3CCCCC3C(=O)O)cc2)cc1C(C)C)C1CCCCC1C(=O)C1CCC1. The first kappa shape index (κ1) is 30.8. The Morgan fingerprint density at radius 1 is 0.767 bits per heavy atom.